The molecule has 0 spiro atoms. The monoisotopic (exact) mass is 250 g/mol. The zero-order valence-corrected chi connectivity index (χ0v) is 10.9. The predicted octanol–water partition coefficient (Wildman–Crippen LogP) is 1.03. The van der Waals surface area contributed by atoms with Crippen molar-refractivity contribution < 1.29 is 9.90 Å². The van der Waals surface area contributed by atoms with Gasteiger partial charge in [-0.3, -0.25) is 4.79 Å². The Balaban J connectivity index is 2.92. The van der Waals surface area contributed by atoms with Crippen LogP contribution in [0.4, 0.5) is 0 Å². The van der Waals surface area contributed by atoms with E-state index in [-0.39, 0.29) is 12.5 Å². The average molecular weight is 250 g/mol. The second-order valence-corrected chi connectivity index (χ2v) is 4.21. The Hall–Kier alpha value is -1.39. The first-order valence-electron chi connectivity index (χ1n) is 6.42. The number of carbonyl (C=O) groups is 1. The molecule has 0 aromatic heterocycles. The molecule has 100 valence electrons. The van der Waals surface area contributed by atoms with Gasteiger partial charge in [-0.05, 0) is 31.0 Å². The van der Waals surface area contributed by atoms with Gasteiger partial charge in [-0.15, -0.1) is 0 Å². The van der Waals surface area contributed by atoms with Gasteiger partial charge in [0.2, 0.25) is 0 Å². The van der Waals surface area contributed by atoms with Crippen LogP contribution in [0.3, 0.4) is 0 Å². The van der Waals surface area contributed by atoms with Crippen LogP contribution in [0.15, 0.2) is 24.3 Å². The molecule has 0 aliphatic rings. The number of nitrogens with two attached hydrogens (primary N) is 1. The summed E-state index contributed by atoms with van der Waals surface area (Å²) in [6.45, 7) is 3.58. The topological polar surface area (TPSA) is 66.6 Å². The molecular formula is C14H22N2O2. The van der Waals surface area contributed by atoms with Crippen LogP contribution in [0.1, 0.15) is 29.3 Å². The molecule has 18 heavy (non-hydrogen) atoms. The summed E-state index contributed by atoms with van der Waals surface area (Å²) < 4.78 is 0. The zero-order valence-electron chi connectivity index (χ0n) is 10.9. The maximum atomic E-state index is 12.4. The highest BCUT2D eigenvalue weighted by Gasteiger charge is 2.16. The van der Waals surface area contributed by atoms with E-state index in [1.54, 1.807) is 4.90 Å². The number of aliphatic hydroxyl groups is 1. The van der Waals surface area contributed by atoms with Crippen molar-refractivity contribution in [2.45, 2.75) is 19.8 Å². The molecule has 3 N–H and O–H groups in total. The van der Waals surface area contributed by atoms with Crippen LogP contribution in [0, 0.1) is 0 Å². The second-order valence-electron chi connectivity index (χ2n) is 4.21. The van der Waals surface area contributed by atoms with Gasteiger partial charge in [0.1, 0.15) is 0 Å². The predicted molar refractivity (Wildman–Crippen MR) is 72.5 cm³/mol. The van der Waals surface area contributed by atoms with Crippen LogP contribution < -0.4 is 5.73 Å². The SMILES string of the molecule is CCCN(CCO)C(=O)c1ccccc1CCN. The lowest BCUT2D eigenvalue weighted by Crippen LogP contribution is -2.34. The van der Waals surface area contributed by atoms with Crippen LogP contribution in [0.2, 0.25) is 0 Å². The lowest BCUT2D eigenvalue weighted by atomic mass is 10.0. The fourth-order valence-corrected chi connectivity index (χ4v) is 1.98. The van der Waals surface area contributed by atoms with E-state index in [2.05, 4.69) is 0 Å². The largest absolute Gasteiger partial charge is 0.395 e. The minimum atomic E-state index is -0.0186. The van der Waals surface area contributed by atoms with Crippen molar-refractivity contribution in [3.8, 4) is 0 Å². The summed E-state index contributed by atoms with van der Waals surface area (Å²) in [5.74, 6) is -0.0186. The fourth-order valence-electron chi connectivity index (χ4n) is 1.98. The third-order valence-electron chi connectivity index (χ3n) is 2.81. The first-order valence-corrected chi connectivity index (χ1v) is 6.42. The van der Waals surface area contributed by atoms with Gasteiger partial charge in [-0.25, -0.2) is 0 Å². The van der Waals surface area contributed by atoms with Gasteiger partial charge in [0.25, 0.3) is 5.91 Å². The van der Waals surface area contributed by atoms with E-state index in [1.807, 2.05) is 31.2 Å². The molecule has 4 heteroatoms. The third kappa shape index (κ3) is 3.82. The highest BCUT2D eigenvalue weighted by Crippen LogP contribution is 2.12. The first kappa shape index (κ1) is 14.7. The van der Waals surface area contributed by atoms with Crippen molar-refractivity contribution in [1.82, 2.24) is 4.90 Å². The van der Waals surface area contributed by atoms with Crippen LogP contribution in [0.5, 0.6) is 0 Å². The molecular weight excluding hydrogens is 228 g/mol. The van der Waals surface area contributed by atoms with Gasteiger partial charge >= 0.3 is 0 Å². The van der Waals surface area contributed by atoms with Gasteiger partial charge in [0, 0.05) is 18.7 Å². The Morgan fingerprint density at radius 2 is 2.06 bits per heavy atom. The second kappa shape index (κ2) is 7.84. The summed E-state index contributed by atoms with van der Waals surface area (Å²) in [6.07, 6.45) is 1.58. The quantitative estimate of drug-likeness (QED) is 0.759. The lowest BCUT2D eigenvalue weighted by Gasteiger charge is -2.22. The Kier molecular flexibility index (Phi) is 6.39. The fraction of sp³-hybridized carbons (Fsp3) is 0.500. The molecule has 0 saturated carbocycles. The van der Waals surface area contributed by atoms with Crippen LogP contribution in [0.25, 0.3) is 0 Å². The maximum absolute atomic E-state index is 12.4. The summed E-state index contributed by atoms with van der Waals surface area (Å²) in [5.41, 5.74) is 7.23. The lowest BCUT2D eigenvalue weighted by molar-refractivity contribution is 0.0721. The van der Waals surface area contributed by atoms with E-state index in [0.29, 0.717) is 31.6 Å². The van der Waals surface area contributed by atoms with E-state index in [4.69, 9.17) is 10.8 Å². The van der Waals surface area contributed by atoms with Gasteiger partial charge in [0.15, 0.2) is 0 Å². The molecule has 0 bridgehead atoms. The first-order chi connectivity index (χ1) is 8.74. The molecule has 0 atom stereocenters. The number of hydrogen-bond donors (Lipinski definition) is 2. The Morgan fingerprint density at radius 3 is 2.67 bits per heavy atom. The van der Waals surface area contributed by atoms with Crippen molar-refractivity contribution >= 4 is 5.91 Å². The van der Waals surface area contributed by atoms with Crippen molar-refractivity contribution in [3.05, 3.63) is 35.4 Å². The smallest absolute Gasteiger partial charge is 0.254 e. The Morgan fingerprint density at radius 1 is 1.33 bits per heavy atom. The zero-order chi connectivity index (χ0) is 13.4. The Bertz CT molecular complexity index is 374. The van der Waals surface area contributed by atoms with Gasteiger partial charge in [-0.1, -0.05) is 25.1 Å². The number of benzene rings is 1. The van der Waals surface area contributed by atoms with Crippen molar-refractivity contribution in [2.24, 2.45) is 5.73 Å². The van der Waals surface area contributed by atoms with E-state index in [9.17, 15) is 4.79 Å². The molecule has 1 rings (SSSR count). The number of rotatable bonds is 7. The molecule has 0 aliphatic carbocycles. The summed E-state index contributed by atoms with van der Waals surface area (Å²) in [7, 11) is 0. The summed E-state index contributed by atoms with van der Waals surface area (Å²) in [4.78, 5) is 14.1. The molecule has 0 unspecified atom stereocenters. The molecule has 0 heterocycles. The molecule has 0 radical (unpaired) electrons. The highest BCUT2D eigenvalue weighted by molar-refractivity contribution is 5.95. The molecule has 1 amide bonds. The van der Waals surface area contributed by atoms with E-state index in [1.165, 1.54) is 0 Å². The van der Waals surface area contributed by atoms with Gasteiger partial charge in [0.05, 0.1) is 6.61 Å². The number of hydrogen-bond acceptors (Lipinski definition) is 3. The van der Waals surface area contributed by atoms with Crippen LogP contribution >= 0.6 is 0 Å². The summed E-state index contributed by atoms with van der Waals surface area (Å²) in [5, 5.41) is 9.02. The molecule has 1 aromatic carbocycles. The molecule has 0 aliphatic heterocycles. The summed E-state index contributed by atoms with van der Waals surface area (Å²) in [6, 6.07) is 7.53. The van der Waals surface area contributed by atoms with Crippen LogP contribution in [-0.4, -0.2) is 42.2 Å². The van der Waals surface area contributed by atoms with Gasteiger partial charge in [-0.2, -0.15) is 0 Å². The average Bonchev–Trinajstić information content (AvgIpc) is 2.39. The van der Waals surface area contributed by atoms with E-state index in [0.717, 1.165) is 12.0 Å². The maximum Gasteiger partial charge on any atom is 0.254 e. The standard InChI is InChI=1S/C14H22N2O2/c1-2-9-16(10-11-17)14(18)13-6-4-3-5-12(13)7-8-15/h3-6,17H,2,7-11,15H2,1H3. The summed E-state index contributed by atoms with van der Waals surface area (Å²) >= 11 is 0. The van der Waals surface area contributed by atoms with Gasteiger partial charge < -0.3 is 15.7 Å². The van der Waals surface area contributed by atoms with Crippen molar-refractivity contribution in [1.29, 1.82) is 0 Å². The minimum Gasteiger partial charge on any atom is -0.395 e. The van der Waals surface area contributed by atoms with Crippen molar-refractivity contribution in [2.75, 3.05) is 26.2 Å². The van der Waals surface area contributed by atoms with Crippen LogP contribution in [-0.2, 0) is 6.42 Å². The molecule has 1 aromatic rings. The number of nitrogens with zero attached hydrogens (tertiary/aromatic N) is 1. The number of aliphatic hydroxyl groups excluding tert-OH is 1. The van der Waals surface area contributed by atoms with E-state index < -0.39 is 0 Å². The highest BCUT2D eigenvalue weighted by atomic mass is 16.3. The molecule has 0 fully saturated rings. The molecule has 0 saturated heterocycles. The third-order valence-corrected chi connectivity index (χ3v) is 2.81. The number of carbonyl (C=O) groups excluding carboxylic acids is 1. The van der Waals surface area contributed by atoms with Crippen molar-refractivity contribution in [3.63, 3.8) is 0 Å². The minimum absolute atomic E-state index is 0.00913. The molecule has 4 nitrogen and oxygen atoms in total. The normalized spacial score (nSPS) is 10.4. The Labute approximate surface area is 108 Å². The van der Waals surface area contributed by atoms with E-state index >= 15 is 0 Å². The number of amides is 1.